The van der Waals surface area contributed by atoms with Crippen LogP contribution in [0.2, 0.25) is 0 Å². The van der Waals surface area contributed by atoms with Crippen LogP contribution in [0.15, 0.2) is 54.6 Å². The Kier molecular flexibility index (Phi) is 3.66. The maximum Gasteiger partial charge on any atom is 0.281 e. The number of nitro benzene ring substituents is 2. The molecule has 2 aliphatic carbocycles. The summed E-state index contributed by atoms with van der Waals surface area (Å²) in [6.45, 7) is 0.0518. The van der Waals surface area contributed by atoms with E-state index in [0.717, 1.165) is 6.07 Å². The van der Waals surface area contributed by atoms with Crippen LogP contribution in [0, 0.1) is 43.9 Å². The first-order valence-corrected chi connectivity index (χ1v) is 10.0. The standard InChI is InChI=1S/C22H18N2O6/c25-23(26)12-6-5-11(17(9-12)24(27)28)10-29-20-15-7-8-16(20)19-18(15)21-13-3-1-2-4-14(13)22(19)30-21/h1-9,15-16,18-22H,10H2/t15-,16-,18-,19+,20?,21+,22-/m0/s1. The smallest absolute Gasteiger partial charge is 0.281 e. The van der Waals surface area contributed by atoms with Crippen molar-refractivity contribution in [3.63, 3.8) is 0 Å². The number of nitro groups is 2. The molecule has 2 heterocycles. The summed E-state index contributed by atoms with van der Waals surface area (Å²) in [6.07, 6.45) is 4.51. The van der Waals surface area contributed by atoms with Crippen LogP contribution in [0.25, 0.3) is 0 Å². The Balaban J connectivity index is 1.25. The molecule has 1 unspecified atom stereocenters. The summed E-state index contributed by atoms with van der Waals surface area (Å²) in [5.74, 6) is 1.13. The molecular weight excluding hydrogens is 388 g/mol. The molecule has 30 heavy (non-hydrogen) atoms. The molecule has 4 bridgehead atoms. The van der Waals surface area contributed by atoms with Gasteiger partial charge in [0.05, 0.1) is 46.4 Å². The highest BCUT2D eigenvalue weighted by atomic mass is 16.6. The summed E-state index contributed by atoms with van der Waals surface area (Å²) in [4.78, 5) is 21.1. The normalized spacial score (nSPS) is 34.2. The van der Waals surface area contributed by atoms with E-state index in [4.69, 9.17) is 9.47 Å². The lowest BCUT2D eigenvalue weighted by Crippen LogP contribution is -2.25. The van der Waals surface area contributed by atoms with Gasteiger partial charge in [0.25, 0.3) is 11.4 Å². The number of non-ortho nitro benzene ring substituents is 1. The Bertz CT molecular complexity index is 1070. The van der Waals surface area contributed by atoms with E-state index >= 15 is 0 Å². The average molecular weight is 406 g/mol. The number of rotatable bonds is 5. The number of benzene rings is 2. The first-order valence-electron chi connectivity index (χ1n) is 10.0. The third-order valence-electron chi connectivity index (χ3n) is 7.16. The number of fused-ring (bicyclic) bond motifs is 12. The molecule has 2 aliphatic heterocycles. The van der Waals surface area contributed by atoms with Crippen LogP contribution in [-0.2, 0) is 16.1 Å². The zero-order valence-corrected chi connectivity index (χ0v) is 15.8. The van der Waals surface area contributed by atoms with Crippen LogP contribution in [0.1, 0.15) is 28.9 Å². The minimum atomic E-state index is -0.632. The second-order valence-electron chi connectivity index (χ2n) is 8.40. The zero-order valence-electron chi connectivity index (χ0n) is 15.8. The SMILES string of the molecule is O=[N+]([O-])c1ccc(COC2[C@H]3C=C[C@H]2[C@@H]2[C@H]3[C@@H]3O[C@H]2c2ccccc23)c([N+](=O)[O-])c1. The lowest BCUT2D eigenvalue weighted by molar-refractivity contribution is -0.394. The van der Waals surface area contributed by atoms with Crippen molar-refractivity contribution in [2.24, 2.45) is 23.7 Å². The quantitative estimate of drug-likeness (QED) is 0.417. The number of hydrogen-bond acceptors (Lipinski definition) is 6. The van der Waals surface area contributed by atoms with Gasteiger partial charge in [0, 0.05) is 29.7 Å². The maximum absolute atomic E-state index is 11.4. The van der Waals surface area contributed by atoms with Crippen LogP contribution in [-0.4, -0.2) is 16.0 Å². The van der Waals surface area contributed by atoms with Gasteiger partial charge in [0.2, 0.25) is 0 Å². The molecule has 0 radical (unpaired) electrons. The molecule has 6 rings (SSSR count). The minimum Gasteiger partial charge on any atom is -0.372 e. The molecule has 1 saturated carbocycles. The molecule has 4 aliphatic rings. The zero-order chi connectivity index (χ0) is 20.6. The van der Waals surface area contributed by atoms with E-state index in [1.807, 2.05) is 12.1 Å². The summed E-state index contributed by atoms with van der Waals surface area (Å²) < 4.78 is 12.6. The van der Waals surface area contributed by atoms with E-state index in [9.17, 15) is 20.2 Å². The fourth-order valence-corrected chi connectivity index (χ4v) is 6.04. The van der Waals surface area contributed by atoms with Crippen LogP contribution in [0.4, 0.5) is 11.4 Å². The second-order valence-corrected chi connectivity index (χ2v) is 8.40. The van der Waals surface area contributed by atoms with Gasteiger partial charge in [-0.1, -0.05) is 36.4 Å². The molecule has 0 spiro atoms. The highest BCUT2D eigenvalue weighted by molar-refractivity contribution is 5.49. The Hall–Kier alpha value is -3.10. The highest BCUT2D eigenvalue weighted by Gasteiger charge is 2.65. The van der Waals surface area contributed by atoms with Crippen molar-refractivity contribution in [2.45, 2.75) is 24.9 Å². The van der Waals surface area contributed by atoms with Gasteiger partial charge in [-0.05, 0) is 17.2 Å². The van der Waals surface area contributed by atoms with Gasteiger partial charge < -0.3 is 9.47 Å². The van der Waals surface area contributed by atoms with Crippen molar-refractivity contribution in [1.29, 1.82) is 0 Å². The second kappa shape index (κ2) is 6.20. The molecule has 0 aromatic heterocycles. The molecule has 2 aromatic rings. The van der Waals surface area contributed by atoms with Crippen molar-refractivity contribution in [3.05, 3.63) is 91.5 Å². The minimum absolute atomic E-state index is 0.0518. The van der Waals surface area contributed by atoms with Crippen LogP contribution >= 0.6 is 0 Å². The Labute approximate surface area is 171 Å². The average Bonchev–Trinajstić information content (AvgIpc) is 3.49. The van der Waals surface area contributed by atoms with Crippen LogP contribution < -0.4 is 0 Å². The van der Waals surface area contributed by atoms with E-state index in [-0.39, 0.29) is 48.1 Å². The molecule has 7 atom stereocenters. The lowest BCUT2D eigenvalue weighted by Gasteiger charge is -2.29. The maximum atomic E-state index is 11.4. The monoisotopic (exact) mass is 406 g/mol. The van der Waals surface area contributed by atoms with Crippen LogP contribution in [0.5, 0.6) is 0 Å². The fourth-order valence-electron chi connectivity index (χ4n) is 6.04. The number of nitrogens with zero attached hydrogens (tertiary/aromatic N) is 2. The summed E-state index contributed by atoms with van der Waals surface area (Å²) in [7, 11) is 0. The fraction of sp³-hybridized carbons (Fsp3) is 0.364. The van der Waals surface area contributed by atoms with Crippen molar-refractivity contribution < 1.29 is 19.3 Å². The predicted molar refractivity (Wildman–Crippen MR) is 104 cm³/mol. The van der Waals surface area contributed by atoms with Crippen LogP contribution in [0.3, 0.4) is 0 Å². The first kappa shape index (κ1) is 17.7. The third-order valence-corrected chi connectivity index (χ3v) is 7.16. The van der Waals surface area contributed by atoms with Crippen molar-refractivity contribution in [2.75, 3.05) is 0 Å². The molecule has 8 nitrogen and oxygen atoms in total. The number of ether oxygens (including phenoxy) is 2. The molecule has 152 valence electrons. The van der Waals surface area contributed by atoms with E-state index < -0.39 is 9.85 Å². The summed E-state index contributed by atoms with van der Waals surface area (Å²) >= 11 is 0. The third kappa shape index (κ3) is 2.28. The van der Waals surface area contributed by atoms with Gasteiger partial charge in [-0.15, -0.1) is 0 Å². The van der Waals surface area contributed by atoms with E-state index in [2.05, 4.69) is 24.3 Å². The summed E-state index contributed by atoms with van der Waals surface area (Å²) in [6, 6.07) is 12.1. The lowest BCUT2D eigenvalue weighted by atomic mass is 9.71. The first-order chi connectivity index (χ1) is 14.5. The van der Waals surface area contributed by atoms with Crippen molar-refractivity contribution in [3.8, 4) is 0 Å². The van der Waals surface area contributed by atoms with Gasteiger partial charge >= 0.3 is 0 Å². The van der Waals surface area contributed by atoms with Gasteiger partial charge in [0.15, 0.2) is 0 Å². The molecule has 0 N–H and O–H groups in total. The molecule has 8 heteroatoms. The largest absolute Gasteiger partial charge is 0.372 e. The summed E-state index contributed by atoms with van der Waals surface area (Å²) in [5.41, 5.74) is 2.32. The molecule has 0 amide bonds. The van der Waals surface area contributed by atoms with Gasteiger partial charge in [-0.25, -0.2) is 0 Å². The number of hydrogen-bond donors (Lipinski definition) is 0. The molecular formula is C22H18N2O6. The Morgan fingerprint density at radius 2 is 1.53 bits per heavy atom. The van der Waals surface area contributed by atoms with Gasteiger partial charge in [0.1, 0.15) is 0 Å². The Morgan fingerprint density at radius 1 is 0.900 bits per heavy atom. The topological polar surface area (TPSA) is 105 Å². The van der Waals surface area contributed by atoms with E-state index in [0.29, 0.717) is 17.4 Å². The van der Waals surface area contributed by atoms with Gasteiger partial charge in [-0.2, -0.15) is 0 Å². The Morgan fingerprint density at radius 3 is 2.10 bits per heavy atom. The summed E-state index contributed by atoms with van der Waals surface area (Å²) in [5, 5.41) is 22.4. The van der Waals surface area contributed by atoms with E-state index in [1.54, 1.807) is 0 Å². The molecule has 2 fully saturated rings. The highest BCUT2D eigenvalue weighted by Crippen LogP contribution is 2.68. The van der Waals surface area contributed by atoms with Crippen molar-refractivity contribution >= 4 is 11.4 Å². The van der Waals surface area contributed by atoms with E-state index in [1.165, 1.54) is 23.3 Å². The molecule has 2 aromatic carbocycles. The predicted octanol–water partition coefficient (Wildman–Crippen LogP) is 4.26. The van der Waals surface area contributed by atoms with Gasteiger partial charge in [-0.3, -0.25) is 20.2 Å². The van der Waals surface area contributed by atoms with Crippen molar-refractivity contribution in [1.82, 2.24) is 0 Å². The molecule has 1 saturated heterocycles.